The fraction of sp³-hybridized carbons (Fsp3) is 0.769. The molecule has 0 aromatic carbocycles. The Balaban J connectivity index is 1.74. The molecule has 0 spiro atoms. The number of rotatable bonds is 7. The maximum absolute atomic E-state index is 5.62. The summed E-state index contributed by atoms with van der Waals surface area (Å²) in [6.07, 6.45) is 6.36. The van der Waals surface area contributed by atoms with Crippen LogP contribution in [0.25, 0.3) is 0 Å². The quantitative estimate of drug-likeness (QED) is 0.732. The molecule has 0 bridgehead atoms. The minimum Gasteiger partial charge on any atom is -0.378 e. The Morgan fingerprint density at radius 2 is 2.39 bits per heavy atom. The first-order valence-corrected chi connectivity index (χ1v) is 6.73. The van der Waals surface area contributed by atoms with Crippen LogP contribution >= 0.6 is 0 Å². The van der Waals surface area contributed by atoms with E-state index in [1.165, 1.54) is 18.5 Å². The number of ether oxygens (including phenoxy) is 1. The van der Waals surface area contributed by atoms with Crippen LogP contribution in [0, 0.1) is 0 Å². The molecule has 1 unspecified atom stereocenters. The summed E-state index contributed by atoms with van der Waals surface area (Å²) in [5.41, 5.74) is 1.30. The van der Waals surface area contributed by atoms with Crippen LogP contribution in [-0.2, 0) is 11.3 Å². The largest absolute Gasteiger partial charge is 0.378 e. The van der Waals surface area contributed by atoms with Gasteiger partial charge in [0.25, 0.3) is 0 Å². The van der Waals surface area contributed by atoms with Gasteiger partial charge in [0.15, 0.2) is 0 Å². The first kappa shape index (κ1) is 13.5. The summed E-state index contributed by atoms with van der Waals surface area (Å²) in [6.45, 7) is 4.53. The SMILES string of the molecule is CN(C)CCOCCn1cncc1C1CCCN1. The number of hydrogen-bond acceptors (Lipinski definition) is 4. The molecule has 2 rings (SSSR count). The molecule has 2 heterocycles. The zero-order chi connectivity index (χ0) is 12.8. The average Bonchev–Trinajstić information content (AvgIpc) is 2.97. The Kier molecular flexibility index (Phi) is 5.16. The van der Waals surface area contributed by atoms with Crippen molar-refractivity contribution < 1.29 is 4.74 Å². The van der Waals surface area contributed by atoms with Crippen LogP contribution in [0.15, 0.2) is 12.5 Å². The molecule has 0 radical (unpaired) electrons. The zero-order valence-electron chi connectivity index (χ0n) is 11.4. The van der Waals surface area contributed by atoms with Gasteiger partial charge in [-0.1, -0.05) is 0 Å². The van der Waals surface area contributed by atoms with E-state index in [9.17, 15) is 0 Å². The van der Waals surface area contributed by atoms with Crippen LogP contribution in [-0.4, -0.2) is 54.8 Å². The molecule has 5 heteroatoms. The Morgan fingerprint density at radius 3 is 3.11 bits per heavy atom. The van der Waals surface area contributed by atoms with E-state index in [1.54, 1.807) is 0 Å². The first-order valence-electron chi connectivity index (χ1n) is 6.73. The lowest BCUT2D eigenvalue weighted by Crippen LogP contribution is -2.20. The third-order valence-electron chi connectivity index (χ3n) is 3.32. The van der Waals surface area contributed by atoms with Gasteiger partial charge in [0.05, 0.1) is 25.2 Å². The molecule has 102 valence electrons. The van der Waals surface area contributed by atoms with E-state index in [-0.39, 0.29) is 0 Å². The van der Waals surface area contributed by atoms with Crippen LogP contribution in [0.5, 0.6) is 0 Å². The topological polar surface area (TPSA) is 42.3 Å². The van der Waals surface area contributed by atoms with E-state index in [4.69, 9.17) is 4.74 Å². The van der Waals surface area contributed by atoms with Crippen molar-refractivity contribution >= 4 is 0 Å². The van der Waals surface area contributed by atoms with Crippen LogP contribution in [0.3, 0.4) is 0 Å². The van der Waals surface area contributed by atoms with Crippen LogP contribution < -0.4 is 5.32 Å². The standard InChI is InChI=1S/C13H24N4O/c1-16(2)6-8-18-9-7-17-11-14-10-13(17)12-4-3-5-15-12/h10-12,15H,3-9H2,1-2H3. The van der Waals surface area contributed by atoms with Crippen molar-refractivity contribution in [3.63, 3.8) is 0 Å². The highest BCUT2D eigenvalue weighted by molar-refractivity contribution is 5.07. The van der Waals surface area contributed by atoms with Crippen LogP contribution in [0.2, 0.25) is 0 Å². The van der Waals surface area contributed by atoms with Crippen molar-refractivity contribution in [2.75, 3.05) is 40.4 Å². The molecule has 0 saturated carbocycles. The monoisotopic (exact) mass is 252 g/mol. The number of aromatic nitrogens is 2. The molecule has 1 aromatic heterocycles. The lowest BCUT2D eigenvalue weighted by atomic mass is 10.2. The highest BCUT2D eigenvalue weighted by Crippen LogP contribution is 2.22. The minimum absolute atomic E-state index is 0.481. The second kappa shape index (κ2) is 6.87. The molecule has 1 N–H and O–H groups in total. The minimum atomic E-state index is 0.481. The predicted octanol–water partition coefficient (Wildman–Crippen LogP) is 0.886. The summed E-state index contributed by atoms with van der Waals surface area (Å²) in [6, 6.07) is 0.481. The number of nitrogens with one attached hydrogen (secondary N) is 1. The summed E-state index contributed by atoms with van der Waals surface area (Å²) < 4.78 is 7.83. The van der Waals surface area contributed by atoms with Gasteiger partial charge in [-0.15, -0.1) is 0 Å². The van der Waals surface area contributed by atoms with E-state index >= 15 is 0 Å². The summed E-state index contributed by atoms with van der Waals surface area (Å²) in [5, 5.41) is 3.51. The Labute approximate surface area is 109 Å². The van der Waals surface area contributed by atoms with Gasteiger partial charge >= 0.3 is 0 Å². The van der Waals surface area contributed by atoms with Crippen molar-refractivity contribution in [3.05, 3.63) is 18.2 Å². The lowest BCUT2D eigenvalue weighted by Gasteiger charge is -2.14. The fourth-order valence-electron chi connectivity index (χ4n) is 2.26. The summed E-state index contributed by atoms with van der Waals surface area (Å²) in [7, 11) is 4.12. The van der Waals surface area contributed by atoms with E-state index in [2.05, 4.69) is 33.9 Å². The Hall–Kier alpha value is -0.910. The molecule has 1 aliphatic heterocycles. The van der Waals surface area contributed by atoms with Gasteiger partial charge in [-0.25, -0.2) is 4.98 Å². The van der Waals surface area contributed by atoms with E-state index < -0.39 is 0 Å². The third kappa shape index (κ3) is 3.80. The number of likely N-dealkylation sites (N-methyl/N-ethyl adjacent to an activating group) is 1. The van der Waals surface area contributed by atoms with Crippen molar-refractivity contribution in [3.8, 4) is 0 Å². The zero-order valence-corrected chi connectivity index (χ0v) is 11.4. The smallest absolute Gasteiger partial charge is 0.0949 e. The summed E-state index contributed by atoms with van der Waals surface area (Å²) in [5.74, 6) is 0. The van der Waals surface area contributed by atoms with Gasteiger partial charge in [0.2, 0.25) is 0 Å². The molecular formula is C13H24N4O. The van der Waals surface area contributed by atoms with E-state index in [1.807, 2.05) is 12.5 Å². The third-order valence-corrected chi connectivity index (χ3v) is 3.32. The molecule has 18 heavy (non-hydrogen) atoms. The van der Waals surface area contributed by atoms with Gasteiger partial charge in [0, 0.05) is 25.3 Å². The van der Waals surface area contributed by atoms with Crippen molar-refractivity contribution in [1.29, 1.82) is 0 Å². The van der Waals surface area contributed by atoms with Crippen molar-refractivity contribution in [1.82, 2.24) is 19.8 Å². The molecule has 0 amide bonds. The highest BCUT2D eigenvalue weighted by atomic mass is 16.5. The Bertz CT molecular complexity index is 345. The maximum Gasteiger partial charge on any atom is 0.0949 e. The van der Waals surface area contributed by atoms with Gasteiger partial charge < -0.3 is 19.5 Å². The molecule has 1 atom stereocenters. The maximum atomic E-state index is 5.62. The first-order chi connectivity index (χ1) is 8.77. The molecule has 1 fully saturated rings. The van der Waals surface area contributed by atoms with Gasteiger partial charge in [0.1, 0.15) is 0 Å². The number of nitrogens with zero attached hydrogens (tertiary/aromatic N) is 3. The Morgan fingerprint density at radius 1 is 1.50 bits per heavy atom. The molecule has 1 aliphatic rings. The van der Waals surface area contributed by atoms with Crippen LogP contribution in [0.4, 0.5) is 0 Å². The number of hydrogen-bond donors (Lipinski definition) is 1. The van der Waals surface area contributed by atoms with E-state index in [0.29, 0.717) is 6.04 Å². The molecular weight excluding hydrogens is 228 g/mol. The summed E-state index contributed by atoms with van der Waals surface area (Å²) >= 11 is 0. The van der Waals surface area contributed by atoms with Gasteiger partial charge in [-0.3, -0.25) is 0 Å². The summed E-state index contributed by atoms with van der Waals surface area (Å²) in [4.78, 5) is 6.38. The molecule has 0 aliphatic carbocycles. The highest BCUT2D eigenvalue weighted by Gasteiger charge is 2.19. The second-order valence-corrected chi connectivity index (χ2v) is 5.08. The number of imidazole rings is 1. The van der Waals surface area contributed by atoms with Gasteiger partial charge in [-0.2, -0.15) is 0 Å². The average molecular weight is 252 g/mol. The second-order valence-electron chi connectivity index (χ2n) is 5.08. The van der Waals surface area contributed by atoms with Crippen molar-refractivity contribution in [2.45, 2.75) is 25.4 Å². The fourth-order valence-corrected chi connectivity index (χ4v) is 2.26. The predicted molar refractivity (Wildman–Crippen MR) is 71.6 cm³/mol. The van der Waals surface area contributed by atoms with Crippen molar-refractivity contribution in [2.24, 2.45) is 0 Å². The van der Waals surface area contributed by atoms with Crippen LogP contribution in [0.1, 0.15) is 24.6 Å². The van der Waals surface area contributed by atoms with E-state index in [0.717, 1.165) is 32.8 Å². The molecule has 1 saturated heterocycles. The molecule has 1 aromatic rings. The van der Waals surface area contributed by atoms with Gasteiger partial charge in [-0.05, 0) is 33.5 Å². The lowest BCUT2D eigenvalue weighted by molar-refractivity contribution is 0.110. The molecule has 5 nitrogen and oxygen atoms in total. The normalized spacial score (nSPS) is 19.8.